The lowest BCUT2D eigenvalue weighted by Crippen LogP contribution is -2.42. The van der Waals surface area contributed by atoms with Crippen molar-refractivity contribution >= 4 is 35.0 Å². The minimum absolute atomic E-state index is 0.0748. The van der Waals surface area contributed by atoms with E-state index in [0.717, 1.165) is 23.0 Å². The average molecular weight is 491 g/mol. The van der Waals surface area contributed by atoms with Crippen LogP contribution in [0.25, 0.3) is 0 Å². The molecule has 0 unspecified atom stereocenters. The van der Waals surface area contributed by atoms with Crippen molar-refractivity contribution in [1.82, 2.24) is 0 Å². The van der Waals surface area contributed by atoms with E-state index in [2.05, 4.69) is 37.5 Å². The van der Waals surface area contributed by atoms with Crippen LogP contribution in [-0.2, 0) is 9.47 Å². The number of anilines is 2. The summed E-state index contributed by atoms with van der Waals surface area (Å²) in [5.74, 6) is 1.42. The Bertz CT molecular complexity index is 1110. The Labute approximate surface area is 212 Å². The minimum Gasteiger partial charge on any atom is -0.465 e. The highest BCUT2D eigenvalue weighted by atomic mass is 16.5. The van der Waals surface area contributed by atoms with Crippen molar-refractivity contribution in [2.24, 2.45) is 21.8 Å². The number of rotatable bonds is 7. The number of amidine groups is 2. The minimum atomic E-state index is -0.380. The van der Waals surface area contributed by atoms with Gasteiger partial charge in [-0.3, -0.25) is 9.98 Å². The molecule has 0 N–H and O–H groups in total. The molecular weight excluding hydrogens is 456 g/mol. The highest BCUT2D eigenvalue weighted by Gasteiger charge is 2.38. The summed E-state index contributed by atoms with van der Waals surface area (Å²) in [5, 5.41) is 0. The molecule has 0 aliphatic carbocycles. The molecule has 4 rings (SSSR count). The van der Waals surface area contributed by atoms with Crippen LogP contribution in [0.1, 0.15) is 48.4 Å². The third kappa shape index (κ3) is 4.98. The molecule has 0 saturated heterocycles. The van der Waals surface area contributed by atoms with E-state index in [9.17, 15) is 9.59 Å². The SMILES string of the molecule is COC(=O)c1cccc(N2C[C@H](C(C)C)N=C2C2=N[C@@H](C(C)C)CN2c2cccc(C(=O)OC)c2)c1. The van der Waals surface area contributed by atoms with Gasteiger partial charge in [0, 0.05) is 24.5 Å². The van der Waals surface area contributed by atoms with Gasteiger partial charge in [0.1, 0.15) is 0 Å². The Morgan fingerprint density at radius 1 is 0.750 bits per heavy atom. The fourth-order valence-electron chi connectivity index (χ4n) is 4.45. The Morgan fingerprint density at radius 2 is 1.14 bits per heavy atom. The van der Waals surface area contributed by atoms with Gasteiger partial charge in [-0.1, -0.05) is 39.8 Å². The summed E-state index contributed by atoms with van der Waals surface area (Å²) in [6.07, 6.45) is 0. The molecule has 2 aliphatic heterocycles. The van der Waals surface area contributed by atoms with E-state index in [4.69, 9.17) is 19.5 Å². The van der Waals surface area contributed by atoms with Crippen LogP contribution in [0.5, 0.6) is 0 Å². The summed E-state index contributed by atoms with van der Waals surface area (Å²) in [4.78, 5) is 39.0. The first-order valence-corrected chi connectivity index (χ1v) is 12.3. The van der Waals surface area contributed by atoms with Gasteiger partial charge >= 0.3 is 11.9 Å². The van der Waals surface area contributed by atoms with Crippen molar-refractivity contribution in [3.63, 3.8) is 0 Å². The van der Waals surface area contributed by atoms with Crippen LogP contribution >= 0.6 is 0 Å². The monoisotopic (exact) mass is 490 g/mol. The maximum Gasteiger partial charge on any atom is 0.337 e. The molecule has 2 aromatic rings. The highest BCUT2D eigenvalue weighted by Crippen LogP contribution is 2.31. The number of hydrogen-bond donors (Lipinski definition) is 0. The predicted octanol–water partition coefficient (Wildman–Crippen LogP) is 4.45. The molecule has 2 aliphatic rings. The molecule has 0 saturated carbocycles. The smallest absolute Gasteiger partial charge is 0.337 e. The lowest BCUT2D eigenvalue weighted by Gasteiger charge is -2.27. The van der Waals surface area contributed by atoms with Gasteiger partial charge in [0.15, 0.2) is 11.7 Å². The first-order valence-electron chi connectivity index (χ1n) is 12.3. The van der Waals surface area contributed by atoms with Gasteiger partial charge in [0.25, 0.3) is 0 Å². The van der Waals surface area contributed by atoms with E-state index in [1.54, 1.807) is 12.1 Å². The molecule has 36 heavy (non-hydrogen) atoms. The number of esters is 2. The van der Waals surface area contributed by atoms with Crippen LogP contribution in [0.4, 0.5) is 11.4 Å². The molecule has 2 atom stereocenters. The summed E-state index contributed by atoms with van der Waals surface area (Å²) in [7, 11) is 2.76. The second kappa shape index (κ2) is 10.5. The number of carbonyl (C=O) groups is 2. The predicted molar refractivity (Wildman–Crippen MR) is 142 cm³/mol. The van der Waals surface area contributed by atoms with Gasteiger partial charge in [-0.2, -0.15) is 0 Å². The number of benzene rings is 2. The Morgan fingerprint density at radius 3 is 1.47 bits per heavy atom. The molecule has 0 aromatic heterocycles. The number of methoxy groups -OCH3 is 2. The van der Waals surface area contributed by atoms with E-state index in [1.165, 1.54) is 14.2 Å². The summed E-state index contributed by atoms with van der Waals surface area (Å²) < 4.78 is 9.88. The molecule has 2 aromatic carbocycles. The van der Waals surface area contributed by atoms with Gasteiger partial charge in [-0.15, -0.1) is 0 Å². The number of ether oxygens (including phenoxy) is 2. The molecule has 0 amide bonds. The number of aliphatic imine (C=N–C) groups is 2. The molecular formula is C28H34N4O4. The van der Waals surface area contributed by atoms with Crippen molar-refractivity contribution in [2.45, 2.75) is 39.8 Å². The first kappa shape index (κ1) is 25.4. The average Bonchev–Trinajstić information content (AvgIpc) is 3.53. The van der Waals surface area contributed by atoms with Gasteiger partial charge in [0.05, 0.1) is 37.4 Å². The molecule has 0 fully saturated rings. The molecule has 0 spiro atoms. The quantitative estimate of drug-likeness (QED) is 0.534. The van der Waals surface area contributed by atoms with E-state index >= 15 is 0 Å². The topological polar surface area (TPSA) is 83.8 Å². The summed E-state index contributed by atoms with van der Waals surface area (Å²) in [5.41, 5.74) is 2.69. The Kier molecular flexibility index (Phi) is 7.43. The molecule has 8 heteroatoms. The summed E-state index contributed by atoms with van der Waals surface area (Å²) in [6, 6.07) is 15.0. The second-order valence-corrected chi connectivity index (χ2v) is 9.83. The highest BCUT2D eigenvalue weighted by molar-refractivity contribution is 6.50. The third-order valence-corrected chi connectivity index (χ3v) is 6.72. The van der Waals surface area contributed by atoms with Gasteiger partial charge in [0.2, 0.25) is 0 Å². The van der Waals surface area contributed by atoms with E-state index < -0.39 is 0 Å². The fraction of sp³-hybridized carbons (Fsp3) is 0.429. The van der Waals surface area contributed by atoms with Crippen LogP contribution in [0, 0.1) is 11.8 Å². The molecule has 0 radical (unpaired) electrons. The van der Waals surface area contributed by atoms with E-state index in [1.807, 2.05) is 36.4 Å². The summed E-state index contributed by atoms with van der Waals surface area (Å²) in [6.45, 7) is 9.99. The van der Waals surface area contributed by atoms with Crippen LogP contribution in [0.3, 0.4) is 0 Å². The summed E-state index contributed by atoms with van der Waals surface area (Å²) >= 11 is 0. The number of hydrogen-bond acceptors (Lipinski definition) is 8. The van der Waals surface area contributed by atoms with Crippen LogP contribution in [-0.4, -0.2) is 63.0 Å². The zero-order valence-corrected chi connectivity index (χ0v) is 21.8. The first-order chi connectivity index (χ1) is 17.2. The van der Waals surface area contributed by atoms with Crippen LogP contribution in [0.15, 0.2) is 58.5 Å². The lowest BCUT2D eigenvalue weighted by atomic mass is 10.1. The fourth-order valence-corrected chi connectivity index (χ4v) is 4.45. The Hall–Kier alpha value is -3.68. The number of carbonyl (C=O) groups excluding carboxylic acids is 2. The molecule has 2 heterocycles. The van der Waals surface area contributed by atoms with Gasteiger partial charge in [-0.25, -0.2) is 9.59 Å². The van der Waals surface area contributed by atoms with E-state index in [0.29, 0.717) is 36.1 Å². The molecule has 8 nitrogen and oxygen atoms in total. The molecule has 0 bridgehead atoms. The van der Waals surface area contributed by atoms with E-state index in [-0.39, 0.29) is 24.0 Å². The largest absolute Gasteiger partial charge is 0.465 e. The standard InChI is InChI=1S/C28H34N4O4/c1-17(2)23-15-31(21-11-7-9-19(13-21)27(33)35-5)25(29-23)26-30-24(18(3)4)16-32(26)22-12-8-10-20(14-22)28(34)36-6/h7-14,17-18,23-24H,15-16H2,1-6H3/t23-,24-/m1/s1. The van der Waals surface area contributed by atoms with Crippen molar-refractivity contribution in [3.8, 4) is 0 Å². The number of nitrogens with zero attached hydrogens (tertiary/aromatic N) is 4. The van der Waals surface area contributed by atoms with Crippen LogP contribution in [0.2, 0.25) is 0 Å². The van der Waals surface area contributed by atoms with Crippen LogP contribution < -0.4 is 9.80 Å². The van der Waals surface area contributed by atoms with Crippen molar-refractivity contribution in [3.05, 3.63) is 59.7 Å². The van der Waals surface area contributed by atoms with Gasteiger partial charge < -0.3 is 19.3 Å². The molecule has 190 valence electrons. The van der Waals surface area contributed by atoms with Crippen molar-refractivity contribution in [1.29, 1.82) is 0 Å². The van der Waals surface area contributed by atoms with Crippen molar-refractivity contribution in [2.75, 3.05) is 37.1 Å². The van der Waals surface area contributed by atoms with Crippen molar-refractivity contribution < 1.29 is 19.1 Å². The maximum absolute atomic E-state index is 12.2. The normalized spacial score (nSPS) is 19.6. The maximum atomic E-state index is 12.2. The third-order valence-electron chi connectivity index (χ3n) is 6.72. The zero-order valence-electron chi connectivity index (χ0n) is 21.8. The van der Waals surface area contributed by atoms with Gasteiger partial charge in [-0.05, 0) is 48.2 Å². The Balaban J connectivity index is 1.79. The zero-order chi connectivity index (χ0) is 26.0. The second-order valence-electron chi connectivity index (χ2n) is 9.83. The lowest BCUT2D eigenvalue weighted by molar-refractivity contribution is 0.0592.